The summed E-state index contributed by atoms with van der Waals surface area (Å²) in [7, 11) is 0. The Morgan fingerprint density at radius 1 is 1.20 bits per heavy atom. The van der Waals surface area contributed by atoms with Crippen LogP contribution in [0.1, 0.15) is 13.3 Å². The summed E-state index contributed by atoms with van der Waals surface area (Å²) in [4.78, 5) is 26.9. The fourth-order valence-corrected chi connectivity index (χ4v) is 4.27. The normalized spacial score (nSPS) is 37.9. The molecule has 1 aliphatic heterocycles. The van der Waals surface area contributed by atoms with E-state index < -0.39 is 5.41 Å². The van der Waals surface area contributed by atoms with Gasteiger partial charge in [0.15, 0.2) is 0 Å². The number of imide groups is 1. The second-order valence-electron chi connectivity index (χ2n) is 6.11. The molecule has 2 amide bonds. The van der Waals surface area contributed by atoms with Gasteiger partial charge in [0.25, 0.3) is 0 Å². The van der Waals surface area contributed by atoms with Crippen molar-refractivity contribution < 1.29 is 9.59 Å². The molecule has 4 atom stereocenters. The van der Waals surface area contributed by atoms with Gasteiger partial charge in [0.2, 0.25) is 11.8 Å². The molecule has 0 unspecified atom stereocenters. The van der Waals surface area contributed by atoms with Gasteiger partial charge in [0, 0.05) is 5.02 Å². The SMILES string of the molecule is C[C@]12C(=O)N(c3ccc(Cl)cc3)C(=O)[C@H]1[C@@H]1C=C[C@@H]2C1. The van der Waals surface area contributed by atoms with Gasteiger partial charge >= 0.3 is 0 Å². The minimum atomic E-state index is -0.559. The van der Waals surface area contributed by atoms with E-state index in [0.29, 0.717) is 10.7 Å². The van der Waals surface area contributed by atoms with Crippen LogP contribution in [0.4, 0.5) is 5.69 Å². The molecule has 0 N–H and O–H groups in total. The lowest BCUT2D eigenvalue weighted by Gasteiger charge is -2.28. The lowest BCUT2D eigenvalue weighted by Crippen LogP contribution is -2.37. The molecule has 1 aromatic carbocycles. The Kier molecular flexibility index (Phi) is 2.27. The Labute approximate surface area is 122 Å². The summed E-state index contributed by atoms with van der Waals surface area (Å²) >= 11 is 5.87. The van der Waals surface area contributed by atoms with Gasteiger partial charge in [-0.25, -0.2) is 4.90 Å². The number of nitrogens with zero attached hydrogens (tertiary/aromatic N) is 1. The highest BCUT2D eigenvalue weighted by Crippen LogP contribution is 2.60. The van der Waals surface area contributed by atoms with Crippen molar-refractivity contribution in [1.29, 1.82) is 0 Å². The lowest BCUT2D eigenvalue weighted by molar-refractivity contribution is -0.127. The quantitative estimate of drug-likeness (QED) is 0.588. The van der Waals surface area contributed by atoms with E-state index in [9.17, 15) is 9.59 Å². The molecule has 1 aromatic rings. The van der Waals surface area contributed by atoms with Gasteiger partial charge in [-0.2, -0.15) is 0 Å². The number of amides is 2. The first-order valence-electron chi connectivity index (χ1n) is 6.86. The number of carbonyl (C=O) groups excluding carboxylic acids is 2. The minimum absolute atomic E-state index is 0.0586. The van der Waals surface area contributed by atoms with Gasteiger partial charge in [0.05, 0.1) is 17.0 Å². The predicted molar refractivity (Wildman–Crippen MR) is 76.3 cm³/mol. The van der Waals surface area contributed by atoms with Crippen molar-refractivity contribution in [1.82, 2.24) is 0 Å². The standard InChI is InChI=1S/C16H14ClNO2/c1-16-10-3-2-9(8-10)13(16)14(19)18(15(16)20)12-6-4-11(17)5-7-12/h2-7,9-10,13H,8H2,1H3/t9-,10-,13-,16-/m1/s1. The summed E-state index contributed by atoms with van der Waals surface area (Å²) in [5.41, 5.74) is 0.0651. The highest BCUT2D eigenvalue weighted by atomic mass is 35.5. The van der Waals surface area contributed by atoms with E-state index >= 15 is 0 Å². The van der Waals surface area contributed by atoms with Gasteiger partial charge in [0.1, 0.15) is 0 Å². The third-order valence-corrected chi connectivity index (χ3v) is 5.45. The highest BCUT2D eigenvalue weighted by Gasteiger charge is 2.67. The average molecular weight is 288 g/mol. The number of anilines is 1. The van der Waals surface area contributed by atoms with E-state index in [-0.39, 0.29) is 29.6 Å². The molecular weight excluding hydrogens is 274 g/mol. The second-order valence-corrected chi connectivity index (χ2v) is 6.54. The topological polar surface area (TPSA) is 37.4 Å². The smallest absolute Gasteiger partial charge is 0.241 e. The molecule has 1 saturated carbocycles. The number of carbonyl (C=O) groups is 2. The second kappa shape index (κ2) is 3.73. The Morgan fingerprint density at radius 3 is 2.55 bits per heavy atom. The van der Waals surface area contributed by atoms with Gasteiger partial charge in [-0.05, 0) is 49.4 Å². The highest BCUT2D eigenvalue weighted by molar-refractivity contribution is 6.31. The maximum Gasteiger partial charge on any atom is 0.241 e. The number of hydrogen-bond acceptors (Lipinski definition) is 2. The first-order valence-corrected chi connectivity index (χ1v) is 7.23. The van der Waals surface area contributed by atoms with E-state index in [2.05, 4.69) is 12.2 Å². The van der Waals surface area contributed by atoms with Crippen LogP contribution in [0.5, 0.6) is 0 Å². The molecule has 2 aliphatic carbocycles. The lowest BCUT2D eigenvalue weighted by atomic mass is 9.71. The van der Waals surface area contributed by atoms with Gasteiger partial charge in [-0.1, -0.05) is 23.8 Å². The first-order chi connectivity index (χ1) is 9.53. The van der Waals surface area contributed by atoms with Gasteiger partial charge < -0.3 is 0 Å². The molecule has 1 heterocycles. The van der Waals surface area contributed by atoms with Crippen molar-refractivity contribution in [2.45, 2.75) is 13.3 Å². The molecule has 2 fully saturated rings. The number of rotatable bonds is 1. The summed E-state index contributed by atoms with van der Waals surface area (Å²) in [6.45, 7) is 1.95. The van der Waals surface area contributed by atoms with E-state index in [4.69, 9.17) is 11.6 Å². The molecule has 3 nitrogen and oxygen atoms in total. The molecule has 3 aliphatic rings. The van der Waals surface area contributed by atoms with Crippen molar-refractivity contribution in [3.05, 3.63) is 41.4 Å². The number of halogens is 1. The maximum absolute atomic E-state index is 12.8. The van der Waals surface area contributed by atoms with E-state index in [0.717, 1.165) is 6.42 Å². The Morgan fingerprint density at radius 2 is 1.90 bits per heavy atom. The predicted octanol–water partition coefficient (Wildman–Crippen LogP) is 3.04. The number of hydrogen-bond donors (Lipinski definition) is 0. The molecule has 4 rings (SSSR count). The van der Waals surface area contributed by atoms with Crippen LogP contribution in [0, 0.1) is 23.2 Å². The van der Waals surface area contributed by atoms with Crippen LogP contribution in [0.2, 0.25) is 5.02 Å². The molecular formula is C16H14ClNO2. The largest absolute Gasteiger partial charge is 0.274 e. The molecule has 20 heavy (non-hydrogen) atoms. The zero-order chi connectivity index (χ0) is 14.1. The van der Waals surface area contributed by atoms with Crippen LogP contribution in [0.15, 0.2) is 36.4 Å². The van der Waals surface area contributed by atoms with Gasteiger partial charge in [-0.15, -0.1) is 0 Å². The first kappa shape index (κ1) is 12.2. The minimum Gasteiger partial charge on any atom is -0.274 e. The Bertz CT molecular complexity index is 651. The van der Waals surface area contributed by atoms with E-state index in [1.54, 1.807) is 24.3 Å². The van der Waals surface area contributed by atoms with E-state index in [1.165, 1.54) is 4.90 Å². The summed E-state index contributed by atoms with van der Waals surface area (Å²) in [5.74, 6) is 0.106. The zero-order valence-electron chi connectivity index (χ0n) is 11.0. The third-order valence-electron chi connectivity index (χ3n) is 5.20. The zero-order valence-corrected chi connectivity index (χ0v) is 11.8. The molecule has 0 spiro atoms. The molecule has 0 radical (unpaired) electrons. The Hall–Kier alpha value is -1.61. The van der Waals surface area contributed by atoms with Crippen LogP contribution < -0.4 is 4.90 Å². The van der Waals surface area contributed by atoms with Crippen LogP contribution in [0.3, 0.4) is 0 Å². The van der Waals surface area contributed by atoms with Crippen LogP contribution in [-0.2, 0) is 9.59 Å². The molecule has 4 heteroatoms. The molecule has 0 aromatic heterocycles. The van der Waals surface area contributed by atoms with Crippen LogP contribution >= 0.6 is 11.6 Å². The van der Waals surface area contributed by atoms with E-state index in [1.807, 2.05) is 6.92 Å². The number of fused-ring (bicyclic) bond motifs is 5. The molecule has 2 bridgehead atoms. The maximum atomic E-state index is 12.8. The third kappa shape index (κ3) is 1.27. The van der Waals surface area contributed by atoms with Gasteiger partial charge in [-0.3, -0.25) is 9.59 Å². The fraction of sp³-hybridized carbons (Fsp3) is 0.375. The summed E-state index contributed by atoms with van der Waals surface area (Å²) < 4.78 is 0. The van der Waals surface area contributed by atoms with Crippen molar-refractivity contribution in [2.75, 3.05) is 4.90 Å². The number of allylic oxidation sites excluding steroid dienone is 2. The summed E-state index contributed by atoms with van der Waals surface area (Å²) in [5, 5.41) is 0.598. The summed E-state index contributed by atoms with van der Waals surface area (Å²) in [6, 6.07) is 6.89. The van der Waals surface area contributed by atoms with Crippen molar-refractivity contribution in [3.8, 4) is 0 Å². The van der Waals surface area contributed by atoms with Crippen molar-refractivity contribution in [3.63, 3.8) is 0 Å². The van der Waals surface area contributed by atoms with Crippen molar-refractivity contribution in [2.24, 2.45) is 23.2 Å². The average Bonchev–Trinajstić information content (AvgIpc) is 3.05. The van der Waals surface area contributed by atoms with Crippen LogP contribution in [-0.4, -0.2) is 11.8 Å². The molecule has 102 valence electrons. The van der Waals surface area contributed by atoms with Crippen LogP contribution in [0.25, 0.3) is 0 Å². The number of benzene rings is 1. The Balaban J connectivity index is 1.80. The molecule has 1 saturated heterocycles. The monoisotopic (exact) mass is 287 g/mol. The fourth-order valence-electron chi connectivity index (χ4n) is 4.14. The summed E-state index contributed by atoms with van der Waals surface area (Å²) in [6.07, 6.45) is 5.15. The van der Waals surface area contributed by atoms with Crippen molar-refractivity contribution >= 4 is 29.1 Å².